The smallest absolute Gasteiger partial charge is 0.219 e. The standard InChI is InChI=1S/C24H26N2O2/c1-6-20(10-7-8-13-23-25-16(2)18(4)27-23)21-11-9-12-22(15-14-21)24-26-17(3)19(5)28-24/h6-15,22H,1-5H3/b10-7-,13-8+,20-6+. The molecule has 3 rings (SSSR count). The Morgan fingerprint density at radius 3 is 2.36 bits per heavy atom. The molecule has 2 heterocycles. The maximum absolute atomic E-state index is 5.77. The van der Waals surface area contributed by atoms with E-state index in [-0.39, 0.29) is 5.92 Å². The third kappa shape index (κ3) is 4.58. The second kappa shape index (κ2) is 8.70. The van der Waals surface area contributed by atoms with Gasteiger partial charge in [-0.1, -0.05) is 54.7 Å². The van der Waals surface area contributed by atoms with Crippen molar-refractivity contribution < 1.29 is 8.83 Å². The highest BCUT2D eigenvalue weighted by atomic mass is 16.4. The summed E-state index contributed by atoms with van der Waals surface area (Å²) < 4.78 is 11.3. The molecule has 0 bridgehead atoms. The number of nitrogens with zero attached hydrogens (tertiary/aromatic N) is 2. The first kappa shape index (κ1) is 19.6. The van der Waals surface area contributed by atoms with E-state index in [1.807, 2.05) is 52.8 Å². The van der Waals surface area contributed by atoms with Crippen molar-refractivity contribution in [2.24, 2.45) is 0 Å². The summed E-state index contributed by atoms with van der Waals surface area (Å²) in [6.07, 6.45) is 20.4. The summed E-state index contributed by atoms with van der Waals surface area (Å²) in [4.78, 5) is 8.86. The van der Waals surface area contributed by atoms with Crippen molar-refractivity contribution in [3.63, 3.8) is 0 Å². The van der Waals surface area contributed by atoms with Crippen LogP contribution in [-0.4, -0.2) is 9.97 Å². The molecule has 2 aromatic rings. The van der Waals surface area contributed by atoms with Gasteiger partial charge in [-0.2, -0.15) is 0 Å². The number of aryl methyl sites for hydroxylation is 4. The summed E-state index contributed by atoms with van der Waals surface area (Å²) in [5.41, 5.74) is 4.12. The molecular weight excluding hydrogens is 348 g/mol. The van der Waals surface area contributed by atoms with Gasteiger partial charge in [0.2, 0.25) is 11.8 Å². The summed E-state index contributed by atoms with van der Waals surface area (Å²) in [6.45, 7) is 9.80. The molecule has 0 amide bonds. The van der Waals surface area contributed by atoms with Gasteiger partial charge in [-0.3, -0.25) is 0 Å². The maximum atomic E-state index is 5.77. The van der Waals surface area contributed by atoms with Crippen LogP contribution in [0.25, 0.3) is 6.08 Å². The van der Waals surface area contributed by atoms with E-state index in [4.69, 9.17) is 8.83 Å². The molecule has 1 aliphatic carbocycles. The SMILES string of the molecule is C\C=C(/C=C\C=C\c1nc(C)c(C)o1)C1=CC=CC(c2nc(C)c(C)o2)C=C1. The molecule has 2 aromatic heterocycles. The van der Waals surface area contributed by atoms with E-state index in [0.29, 0.717) is 5.89 Å². The molecule has 0 radical (unpaired) electrons. The van der Waals surface area contributed by atoms with Crippen molar-refractivity contribution in [2.75, 3.05) is 0 Å². The van der Waals surface area contributed by atoms with Crippen molar-refractivity contribution in [1.29, 1.82) is 0 Å². The number of rotatable bonds is 5. The molecule has 0 fully saturated rings. The van der Waals surface area contributed by atoms with Crippen LogP contribution in [0.15, 0.2) is 74.7 Å². The van der Waals surface area contributed by atoms with Crippen molar-refractivity contribution in [2.45, 2.75) is 40.5 Å². The number of oxazole rings is 2. The van der Waals surface area contributed by atoms with Gasteiger partial charge in [-0.25, -0.2) is 9.97 Å². The van der Waals surface area contributed by atoms with Crippen LogP contribution in [0.5, 0.6) is 0 Å². The van der Waals surface area contributed by atoms with Gasteiger partial charge in [0.15, 0.2) is 0 Å². The van der Waals surface area contributed by atoms with Gasteiger partial charge in [0, 0.05) is 6.08 Å². The zero-order valence-corrected chi connectivity index (χ0v) is 17.1. The summed E-state index contributed by atoms with van der Waals surface area (Å²) in [6, 6.07) is 0. The molecule has 0 aliphatic heterocycles. The maximum Gasteiger partial charge on any atom is 0.219 e. The van der Waals surface area contributed by atoms with E-state index in [9.17, 15) is 0 Å². The molecule has 1 atom stereocenters. The molecular formula is C24H26N2O2. The van der Waals surface area contributed by atoms with E-state index >= 15 is 0 Å². The fourth-order valence-corrected chi connectivity index (χ4v) is 2.83. The Morgan fingerprint density at radius 1 is 0.964 bits per heavy atom. The van der Waals surface area contributed by atoms with Gasteiger partial charge in [0.05, 0.1) is 17.3 Å². The second-order valence-electron chi connectivity index (χ2n) is 6.74. The van der Waals surface area contributed by atoms with Gasteiger partial charge in [-0.05, 0) is 45.8 Å². The molecule has 4 nitrogen and oxygen atoms in total. The molecule has 4 heteroatoms. The van der Waals surface area contributed by atoms with Crippen LogP contribution in [0.1, 0.15) is 47.5 Å². The topological polar surface area (TPSA) is 52.1 Å². The molecule has 0 N–H and O–H groups in total. The van der Waals surface area contributed by atoms with E-state index < -0.39 is 0 Å². The average Bonchev–Trinajstić information content (AvgIpc) is 3.05. The first-order valence-corrected chi connectivity index (χ1v) is 9.44. The lowest BCUT2D eigenvalue weighted by Crippen LogP contribution is -1.91. The van der Waals surface area contributed by atoms with E-state index in [1.54, 1.807) is 0 Å². The Morgan fingerprint density at radius 2 is 1.71 bits per heavy atom. The normalized spacial score (nSPS) is 17.7. The largest absolute Gasteiger partial charge is 0.445 e. The highest BCUT2D eigenvalue weighted by Crippen LogP contribution is 2.25. The lowest BCUT2D eigenvalue weighted by molar-refractivity contribution is 0.470. The van der Waals surface area contributed by atoms with Gasteiger partial charge >= 0.3 is 0 Å². The van der Waals surface area contributed by atoms with Crippen LogP contribution < -0.4 is 0 Å². The van der Waals surface area contributed by atoms with Crippen LogP contribution in [-0.2, 0) is 0 Å². The quantitative estimate of drug-likeness (QED) is 0.581. The van der Waals surface area contributed by atoms with E-state index in [0.717, 1.165) is 39.9 Å². The van der Waals surface area contributed by atoms with Crippen molar-refractivity contribution in [1.82, 2.24) is 9.97 Å². The zero-order valence-electron chi connectivity index (χ0n) is 17.1. The van der Waals surface area contributed by atoms with Crippen LogP contribution in [0.4, 0.5) is 0 Å². The predicted octanol–water partition coefficient (Wildman–Crippen LogP) is 6.25. The summed E-state index contributed by atoms with van der Waals surface area (Å²) in [7, 11) is 0. The summed E-state index contributed by atoms with van der Waals surface area (Å²) >= 11 is 0. The Balaban J connectivity index is 1.69. The Hall–Kier alpha value is -3.14. The highest BCUT2D eigenvalue weighted by Gasteiger charge is 2.14. The molecule has 28 heavy (non-hydrogen) atoms. The summed E-state index contributed by atoms with van der Waals surface area (Å²) in [5, 5.41) is 0. The van der Waals surface area contributed by atoms with Crippen LogP contribution >= 0.6 is 0 Å². The van der Waals surface area contributed by atoms with Crippen molar-refractivity contribution in [3.8, 4) is 0 Å². The van der Waals surface area contributed by atoms with E-state index in [1.165, 1.54) is 0 Å². The van der Waals surface area contributed by atoms with Crippen LogP contribution in [0, 0.1) is 27.7 Å². The first-order chi connectivity index (χ1) is 13.5. The Bertz CT molecular complexity index is 984. The molecule has 1 aliphatic rings. The van der Waals surface area contributed by atoms with Crippen molar-refractivity contribution in [3.05, 3.63) is 101 Å². The van der Waals surface area contributed by atoms with E-state index in [2.05, 4.69) is 52.5 Å². The van der Waals surface area contributed by atoms with Crippen LogP contribution in [0.2, 0.25) is 0 Å². The number of allylic oxidation sites excluding steroid dienone is 11. The molecule has 0 spiro atoms. The first-order valence-electron chi connectivity index (χ1n) is 9.44. The number of hydrogen-bond acceptors (Lipinski definition) is 4. The van der Waals surface area contributed by atoms with Gasteiger partial charge in [0.1, 0.15) is 11.5 Å². The second-order valence-corrected chi connectivity index (χ2v) is 6.74. The minimum absolute atomic E-state index is 0.0413. The lowest BCUT2D eigenvalue weighted by Gasteiger charge is -2.03. The fourth-order valence-electron chi connectivity index (χ4n) is 2.83. The molecule has 0 saturated carbocycles. The Kier molecular flexibility index (Phi) is 6.09. The van der Waals surface area contributed by atoms with Gasteiger partial charge in [0.25, 0.3) is 0 Å². The lowest BCUT2D eigenvalue weighted by atomic mass is 10.0. The van der Waals surface area contributed by atoms with Crippen molar-refractivity contribution >= 4 is 6.08 Å². The number of aromatic nitrogens is 2. The van der Waals surface area contributed by atoms with Crippen LogP contribution in [0.3, 0.4) is 0 Å². The average molecular weight is 374 g/mol. The van der Waals surface area contributed by atoms with Gasteiger partial charge < -0.3 is 8.83 Å². The highest BCUT2D eigenvalue weighted by molar-refractivity contribution is 5.51. The fraction of sp³-hybridized carbons (Fsp3) is 0.250. The summed E-state index contributed by atoms with van der Waals surface area (Å²) in [5.74, 6) is 3.12. The molecule has 144 valence electrons. The third-order valence-corrected chi connectivity index (χ3v) is 4.72. The molecule has 0 aromatic carbocycles. The monoisotopic (exact) mass is 374 g/mol. The minimum Gasteiger partial charge on any atom is -0.445 e. The molecule has 1 unspecified atom stereocenters. The minimum atomic E-state index is 0.0413. The van der Waals surface area contributed by atoms with Gasteiger partial charge in [-0.15, -0.1) is 0 Å². The third-order valence-electron chi connectivity index (χ3n) is 4.72. The Labute approximate surface area is 166 Å². The number of hydrogen-bond donors (Lipinski definition) is 0. The molecule has 0 saturated heterocycles. The predicted molar refractivity (Wildman–Crippen MR) is 113 cm³/mol. The zero-order chi connectivity index (χ0) is 20.1.